The summed E-state index contributed by atoms with van der Waals surface area (Å²) in [5.41, 5.74) is 5.73. The summed E-state index contributed by atoms with van der Waals surface area (Å²) in [6, 6.07) is 2.36. The van der Waals surface area contributed by atoms with E-state index >= 15 is 0 Å². The Labute approximate surface area is 63.5 Å². The number of rotatable bonds is 0. The zero-order chi connectivity index (χ0) is 6.97. The fraction of sp³-hybridized carbons (Fsp3) is 0.250. The molecule has 1 heterocycles. The Morgan fingerprint density at radius 2 is 2.50 bits per heavy atom. The van der Waals surface area contributed by atoms with Crippen LogP contribution in [0.4, 0.5) is 0 Å². The first-order chi connectivity index (χ1) is 4.86. The normalized spacial score (nSPS) is 22.7. The lowest BCUT2D eigenvalue weighted by Gasteiger charge is -2.03. The highest BCUT2D eigenvalue weighted by Crippen LogP contribution is 1.96. The van der Waals surface area contributed by atoms with Crippen LogP contribution in [0.1, 0.15) is 6.42 Å². The molecule has 10 heavy (non-hydrogen) atoms. The van der Waals surface area contributed by atoms with Crippen molar-refractivity contribution in [3.63, 3.8) is 0 Å². The van der Waals surface area contributed by atoms with E-state index in [0.29, 0.717) is 0 Å². The smallest absolute Gasteiger partial charge is 0.0300 e. The van der Waals surface area contributed by atoms with Gasteiger partial charge in [-0.05, 0) is 23.1 Å². The summed E-state index contributed by atoms with van der Waals surface area (Å²) in [6.45, 7) is 0. The summed E-state index contributed by atoms with van der Waals surface area (Å²) in [7, 11) is 0. The lowest BCUT2D eigenvalue weighted by molar-refractivity contribution is 0.890. The van der Waals surface area contributed by atoms with Crippen molar-refractivity contribution in [2.75, 3.05) is 0 Å². The summed E-state index contributed by atoms with van der Waals surface area (Å²) < 4.78 is 1.38. The standard InChI is InChI=1S/C8H9NS/c9-7-1-2-8-6(5-7)3-4-10-8/h2-5,7H,1,9H2. The molecule has 2 heteroatoms. The van der Waals surface area contributed by atoms with Crippen molar-refractivity contribution in [3.8, 4) is 0 Å². The van der Waals surface area contributed by atoms with Crippen molar-refractivity contribution in [2.24, 2.45) is 5.73 Å². The third kappa shape index (κ3) is 0.895. The highest BCUT2D eigenvalue weighted by atomic mass is 32.1. The van der Waals surface area contributed by atoms with Crippen molar-refractivity contribution >= 4 is 23.5 Å². The molecule has 0 aliphatic heterocycles. The summed E-state index contributed by atoms with van der Waals surface area (Å²) in [5.74, 6) is 0. The van der Waals surface area contributed by atoms with Gasteiger partial charge in [0.25, 0.3) is 0 Å². The average molecular weight is 151 g/mol. The van der Waals surface area contributed by atoms with Crippen molar-refractivity contribution in [1.29, 1.82) is 0 Å². The first kappa shape index (κ1) is 6.13. The molecular formula is C8H9NS. The third-order valence-corrected chi connectivity index (χ3v) is 2.62. The quantitative estimate of drug-likeness (QED) is 0.556. The van der Waals surface area contributed by atoms with E-state index in [1.807, 2.05) is 0 Å². The molecule has 1 aliphatic rings. The van der Waals surface area contributed by atoms with Gasteiger partial charge >= 0.3 is 0 Å². The van der Waals surface area contributed by atoms with Crippen molar-refractivity contribution in [3.05, 3.63) is 21.2 Å². The molecule has 2 N–H and O–H groups in total. The topological polar surface area (TPSA) is 26.0 Å². The highest BCUT2D eigenvalue weighted by Gasteiger charge is 2.00. The first-order valence-electron chi connectivity index (χ1n) is 3.37. The second kappa shape index (κ2) is 2.22. The highest BCUT2D eigenvalue weighted by molar-refractivity contribution is 7.07. The Bertz CT molecular complexity index is 336. The van der Waals surface area contributed by atoms with Gasteiger partial charge in [-0.2, -0.15) is 0 Å². The van der Waals surface area contributed by atoms with Gasteiger partial charge in [0.2, 0.25) is 0 Å². The minimum Gasteiger partial charge on any atom is -0.324 e. The van der Waals surface area contributed by atoms with Crippen molar-refractivity contribution < 1.29 is 0 Å². The molecule has 1 unspecified atom stereocenters. The largest absolute Gasteiger partial charge is 0.324 e. The van der Waals surface area contributed by atoms with Crippen molar-refractivity contribution in [2.45, 2.75) is 12.5 Å². The van der Waals surface area contributed by atoms with Gasteiger partial charge < -0.3 is 5.73 Å². The number of hydrogen-bond donors (Lipinski definition) is 1. The molecule has 0 spiro atoms. The van der Waals surface area contributed by atoms with Crippen LogP contribution in [0.15, 0.2) is 11.4 Å². The van der Waals surface area contributed by atoms with Crippen LogP contribution < -0.4 is 15.5 Å². The van der Waals surface area contributed by atoms with Gasteiger partial charge in [-0.1, -0.05) is 12.2 Å². The van der Waals surface area contributed by atoms with Gasteiger partial charge in [0.05, 0.1) is 0 Å². The summed E-state index contributed by atoms with van der Waals surface area (Å²) >= 11 is 1.79. The number of hydrogen-bond acceptors (Lipinski definition) is 2. The van der Waals surface area contributed by atoms with Crippen LogP contribution in [0.3, 0.4) is 0 Å². The molecule has 52 valence electrons. The van der Waals surface area contributed by atoms with Gasteiger partial charge in [0, 0.05) is 10.6 Å². The lowest BCUT2D eigenvalue weighted by atomic mass is 10.1. The molecule has 1 atom stereocenters. The Balaban J connectivity index is 2.73. The number of fused-ring (bicyclic) bond motifs is 1. The van der Waals surface area contributed by atoms with Crippen LogP contribution in [0.5, 0.6) is 0 Å². The zero-order valence-corrected chi connectivity index (χ0v) is 6.40. The zero-order valence-electron chi connectivity index (χ0n) is 5.58. The minimum atomic E-state index is 0.238. The van der Waals surface area contributed by atoms with E-state index in [1.165, 1.54) is 9.75 Å². The molecule has 1 aliphatic carbocycles. The van der Waals surface area contributed by atoms with E-state index in [1.54, 1.807) is 11.3 Å². The SMILES string of the molecule is NC1C=c2ccsc2=CC1. The minimum absolute atomic E-state index is 0.238. The predicted octanol–water partition coefficient (Wildman–Crippen LogP) is 0.0401. The average Bonchev–Trinajstić information content (AvgIpc) is 2.33. The maximum absolute atomic E-state index is 5.73. The molecule has 2 rings (SSSR count). The maximum Gasteiger partial charge on any atom is 0.0300 e. The molecule has 0 saturated carbocycles. The Morgan fingerprint density at radius 1 is 1.60 bits per heavy atom. The van der Waals surface area contributed by atoms with Crippen molar-refractivity contribution in [1.82, 2.24) is 0 Å². The Hall–Kier alpha value is -0.600. The Morgan fingerprint density at radius 3 is 3.40 bits per heavy atom. The molecule has 0 amide bonds. The van der Waals surface area contributed by atoms with E-state index in [4.69, 9.17) is 5.73 Å². The molecule has 1 aromatic rings. The van der Waals surface area contributed by atoms with E-state index < -0.39 is 0 Å². The summed E-state index contributed by atoms with van der Waals surface area (Å²) in [6.07, 6.45) is 5.34. The van der Waals surface area contributed by atoms with Crippen LogP contribution in [0, 0.1) is 0 Å². The molecule has 0 fully saturated rings. The second-order valence-electron chi connectivity index (χ2n) is 2.51. The van der Waals surface area contributed by atoms with Gasteiger partial charge in [0.15, 0.2) is 0 Å². The van der Waals surface area contributed by atoms with Crippen LogP contribution in [0.2, 0.25) is 0 Å². The molecular weight excluding hydrogens is 142 g/mol. The van der Waals surface area contributed by atoms with Gasteiger partial charge in [-0.25, -0.2) is 0 Å². The van der Waals surface area contributed by atoms with E-state index in [-0.39, 0.29) is 6.04 Å². The van der Waals surface area contributed by atoms with Gasteiger partial charge in [-0.15, -0.1) is 11.3 Å². The van der Waals surface area contributed by atoms with Crippen LogP contribution >= 0.6 is 11.3 Å². The molecule has 0 aromatic carbocycles. The second-order valence-corrected chi connectivity index (χ2v) is 3.46. The van der Waals surface area contributed by atoms with Crippen LogP contribution in [-0.2, 0) is 0 Å². The molecule has 0 saturated heterocycles. The molecule has 1 aromatic heterocycles. The van der Waals surface area contributed by atoms with E-state index in [0.717, 1.165) is 6.42 Å². The van der Waals surface area contributed by atoms with E-state index in [2.05, 4.69) is 23.6 Å². The maximum atomic E-state index is 5.73. The predicted molar refractivity (Wildman–Crippen MR) is 45.1 cm³/mol. The van der Waals surface area contributed by atoms with Crippen LogP contribution in [-0.4, -0.2) is 6.04 Å². The number of thiophene rings is 1. The molecule has 0 radical (unpaired) electrons. The summed E-state index contributed by atoms with van der Waals surface area (Å²) in [4.78, 5) is 0. The molecule has 0 bridgehead atoms. The van der Waals surface area contributed by atoms with Crippen LogP contribution in [0.25, 0.3) is 12.2 Å². The Kier molecular flexibility index (Phi) is 1.36. The lowest BCUT2D eigenvalue weighted by Crippen LogP contribution is -2.30. The third-order valence-electron chi connectivity index (χ3n) is 1.70. The summed E-state index contributed by atoms with van der Waals surface area (Å²) in [5, 5.41) is 3.42. The molecule has 1 nitrogen and oxygen atoms in total. The van der Waals surface area contributed by atoms with Gasteiger partial charge in [-0.3, -0.25) is 0 Å². The fourth-order valence-electron chi connectivity index (χ4n) is 1.18. The first-order valence-corrected chi connectivity index (χ1v) is 4.25. The number of nitrogens with two attached hydrogens (primary N) is 1. The van der Waals surface area contributed by atoms with Gasteiger partial charge in [0.1, 0.15) is 0 Å². The fourth-order valence-corrected chi connectivity index (χ4v) is 2.00. The monoisotopic (exact) mass is 151 g/mol. The van der Waals surface area contributed by atoms with E-state index in [9.17, 15) is 0 Å².